The zero-order valence-electron chi connectivity index (χ0n) is 20.3. The minimum Gasteiger partial charge on any atom is -0.497 e. The number of fused-ring (bicyclic) bond motifs is 1. The van der Waals surface area contributed by atoms with E-state index in [0.29, 0.717) is 39.9 Å². The van der Waals surface area contributed by atoms with Crippen molar-refractivity contribution < 1.29 is 33.4 Å². The monoisotopic (exact) mass is 490 g/mol. The van der Waals surface area contributed by atoms with E-state index in [0.717, 1.165) is 0 Å². The lowest BCUT2D eigenvalue weighted by molar-refractivity contribution is -0.126. The molecule has 3 atom stereocenters. The predicted octanol–water partition coefficient (Wildman–Crippen LogP) is 3.77. The molecule has 2 saturated heterocycles. The molecule has 0 aromatic heterocycles. The summed E-state index contributed by atoms with van der Waals surface area (Å²) in [5.41, 5.74) is 1.74. The molecule has 9 heteroatoms. The number of methoxy groups -OCH3 is 4. The number of hydrogen-bond acceptors (Lipinski definition) is 8. The molecule has 2 aliphatic heterocycles. The van der Waals surface area contributed by atoms with Crippen LogP contribution in [0.25, 0.3) is 0 Å². The lowest BCUT2D eigenvalue weighted by atomic mass is 9.89. The Kier molecular flexibility index (Phi) is 6.15. The topological polar surface area (TPSA) is 86.8 Å². The molecule has 0 saturated carbocycles. The number of para-hydroxylation sites is 1. The number of rotatable bonds is 7. The Balaban J connectivity index is 1.65. The van der Waals surface area contributed by atoms with Crippen LogP contribution in [0.2, 0.25) is 0 Å². The van der Waals surface area contributed by atoms with Gasteiger partial charge in [-0.05, 0) is 36.4 Å². The molecule has 2 amide bonds. The van der Waals surface area contributed by atoms with E-state index in [-0.39, 0.29) is 5.91 Å². The Hall–Kier alpha value is -4.24. The quantitative estimate of drug-likeness (QED) is 0.463. The zero-order chi connectivity index (χ0) is 25.4. The first-order valence-electron chi connectivity index (χ1n) is 11.4. The average Bonchev–Trinajstić information content (AvgIpc) is 3.43. The van der Waals surface area contributed by atoms with Gasteiger partial charge in [0.15, 0.2) is 17.6 Å². The van der Waals surface area contributed by atoms with Gasteiger partial charge in [0.25, 0.3) is 5.91 Å². The van der Waals surface area contributed by atoms with Gasteiger partial charge in [0.2, 0.25) is 11.7 Å². The third kappa shape index (κ3) is 3.59. The van der Waals surface area contributed by atoms with Crippen LogP contribution >= 0.6 is 0 Å². The minimum atomic E-state index is -1.02. The molecule has 2 fully saturated rings. The summed E-state index contributed by atoms with van der Waals surface area (Å²) in [5, 5.41) is 1.61. The molecule has 3 unspecified atom stereocenters. The molecule has 0 aliphatic carbocycles. The average molecular weight is 491 g/mol. The number of imide groups is 1. The Labute approximate surface area is 208 Å². The largest absolute Gasteiger partial charge is 0.497 e. The van der Waals surface area contributed by atoms with Crippen molar-refractivity contribution in [1.82, 2.24) is 0 Å². The summed E-state index contributed by atoms with van der Waals surface area (Å²) in [7, 11) is 6.10. The van der Waals surface area contributed by atoms with Crippen LogP contribution in [0.1, 0.15) is 11.6 Å². The van der Waals surface area contributed by atoms with Gasteiger partial charge in [-0.1, -0.05) is 24.3 Å². The highest BCUT2D eigenvalue weighted by Gasteiger charge is 2.61. The molecule has 186 valence electrons. The van der Waals surface area contributed by atoms with Crippen LogP contribution in [-0.4, -0.2) is 46.4 Å². The van der Waals surface area contributed by atoms with E-state index in [1.807, 2.05) is 30.3 Å². The number of carbonyl (C=O) groups excluding carboxylic acids is 2. The maximum absolute atomic E-state index is 13.9. The van der Waals surface area contributed by atoms with Gasteiger partial charge in [-0.3, -0.25) is 14.4 Å². The van der Waals surface area contributed by atoms with E-state index < -0.39 is 24.0 Å². The predicted molar refractivity (Wildman–Crippen MR) is 132 cm³/mol. The second-order valence-corrected chi connectivity index (χ2v) is 8.29. The van der Waals surface area contributed by atoms with Crippen LogP contribution in [0.15, 0.2) is 66.7 Å². The second kappa shape index (κ2) is 9.43. The normalized spacial score (nSPS) is 20.9. The van der Waals surface area contributed by atoms with Gasteiger partial charge in [-0.15, -0.1) is 0 Å². The van der Waals surface area contributed by atoms with Crippen molar-refractivity contribution in [3.05, 3.63) is 72.3 Å². The summed E-state index contributed by atoms with van der Waals surface area (Å²) in [6.07, 6.45) is -1.02. The van der Waals surface area contributed by atoms with E-state index in [9.17, 15) is 9.59 Å². The number of benzene rings is 3. The van der Waals surface area contributed by atoms with Crippen LogP contribution in [0, 0.1) is 5.92 Å². The molecule has 0 bridgehead atoms. The lowest BCUT2D eigenvalue weighted by Crippen LogP contribution is -2.37. The van der Waals surface area contributed by atoms with E-state index in [1.165, 1.54) is 33.3 Å². The first-order chi connectivity index (χ1) is 17.5. The third-order valence-electron chi connectivity index (χ3n) is 6.49. The highest BCUT2D eigenvalue weighted by Crippen LogP contribution is 2.52. The molecule has 2 aliphatic rings. The first kappa shape index (κ1) is 23.5. The van der Waals surface area contributed by atoms with Gasteiger partial charge in [0, 0.05) is 11.6 Å². The number of hydrogen-bond donors (Lipinski definition) is 0. The van der Waals surface area contributed by atoms with Crippen LogP contribution < -0.4 is 28.9 Å². The summed E-state index contributed by atoms with van der Waals surface area (Å²) in [4.78, 5) is 34.9. The summed E-state index contributed by atoms with van der Waals surface area (Å²) >= 11 is 0. The Morgan fingerprint density at radius 1 is 0.722 bits per heavy atom. The number of nitrogens with zero attached hydrogens (tertiary/aromatic N) is 2. The standard InChI is InChI=1S/C27H26N2O7/c1-32-18-12-8-11-17(15-18)28-26(30)21-22(19-13-14-20(33-2)24(35-4)23(19)34-3)29(36-25(21)27(28)31)16-9-6-5-7-10-16/h5-15,21-22,25H,1-4H3. The smallest absolute Gasteiger partial charge is 0.266 e. The van der Waals surface area contributed by atoms with Crippen molar-refractivity contribution in [1.29, 1.82) is 0 Å². The number of carbonyl (C=O) groups is 2. The second-order valence-electron chi connectivity index (χ2n) is 8.29. The van der Waals surface area contributed by atoms with Crippen molar-refractivity contribution in [2.45, 2.75) is 12.1 Å². The van der Waals surface area contributed by atoms with Crippen LogP contribution in [0.4, 0.5) is 11.4 Å². The third-order valence-corrected chi connectivity index (χ3v) is 6.49. The number of hydroxylamine groups is 1. The molecule has 2 heterocycles. The number of ether oxygens (including phenoxy) is 4. The highest BCUT2D eigenvalue weighted by molar-refractivity contribution is 6.24. The van der Waals surface area contributed by atoms with Gasteiger partial charge in [-0.25, -0.2) is 9.96 Å². The summed E-state index contributed by atoms with van der Waals surface area (Å²) in [6, 6.07) is 19.0. The molecule has 36 heavy (non-hydrogen) atoms. The highest BCUT2D eigenvalue weighted by atomic mass is 16.7. The van der Waals surface area contributed by atoms with Gasteiger partial charge >= 0.3 is 0 Å². The molecular formula is C27H26N2O7. The molecule has 0 radical (unpaired) electrons. The van der Waals surface area contributed by atoms with Gasteiger partial charge in [0.05, 0.1) is 39.8 Å². The fraction of sp³-hybridized carbons (Fsp3) is 0.259. The van der Waals surface area contributed by atoms with Crippen molar-refractivity contribution in [2.75, 3.05) is 38.4 Å². The Morgan fingerprint density at radius 2 is 1.44 bits per heavy atom. The summed E-state index contributed by atoms with van der Waals surface area (Å²) in [5.74, 6) is 0.139. The molecule has 3 aromatic carbocycles. The summed E-state index contributed by atoms with van der Waals surface area (Å²) in [6.45, 7) is 0. The van der Waals surface area contributed by atoms with Crippen LogP contribution in [0.3, 0.4) is 0 Å². The van der Waals surface area contributed by atoms with Crippen molar-refractivity contribution in [3.63, 3.8) is 0 Å². The van der Waals surface area contributed by atoms with E-state index in [4.69, 9.17) is 23.8 Å². The molecule has 0 spiro atoms. The van der Waals surface area contributed by atoms with Gasteiger partial charge in [-0.2, -0.15) is 0 Å². The molecule has 9 nitrogen and oxygen atoms in total. The molecule has 5 rings (SSSR count). The molecular weight excluding hydrogens is 464 g/mol. The van der Waals surface area contributed by atoms with Gasteiger partial charge in [0.1, 0.15) is 17.7 Å². The van der Waals surface area contributed by atoms with E-state index in [2.05, 4.69) is 0 Å². The number of amides is 2. The molecule has 3 aromatic rings. The SMILES string of the molecule is COc1cccc(N2C(=O)C3ON(c4ccccc4)C(c4ccc(OC)c(OC)c4OC)C3C2=O)c1. The van der Waals surface area contributed by atoms with E-state index in [1.54, 1.807) is 41.5 Å². The van der Waals surface area contributed by atoms with Crippen molar-refractivity contribution in [2.24, 2.45) is 5.92 Å². The molecule has 0 N–H and O–H groups in total. The minimum absolute atomic E-state index is 0.376. The van der Waals surface area contributed by atoms with Crippen LogP contribution in [-0.2, 0) is 14.4 Å². The Morgan fingerprint density at radius 3 is 2.11 bits per heavy atom. The lowest BCUT2D eigenvalue weighted by Gasteiger charge is -2.30. The number of anilines is 2. The van der Waals surface area contributed by atoms with Gasteiger partial charge < -0.3 is 18.9 Å². The maximum Gasteiger partial charge on any atom is 0.266 e. The summed E-state index contributed by atoms with van der Waals surface area (Å²) < 4.78 is 22.1. The fourth-order valence-electron chi connectivity index (χ4n) is 4.89. The maximum atomic E-state index is 13.9. The van der Waals surface area contributed by atoms with Crippen LogP contribution in [0.5, 0.6) is 23.0 Å². The zero-order valence-corrected chi connectivity index (χ0v) is 20.3. The first-order valence-corrected chi connectivity index (χ1v) is 11.4. The van der Waals surface area contributed by atoms with Crippen molar-refractivity contribution >= 4 is 23.2 Å². The van der Waals surface area contributed by atoms with Crippen molar-refractivity contribution in [3.8, 4) is 23.0 Å². The van der Waals surface area contributed by atoms with E-state index >= 15 is 0 Å². The Bertz CT molecular complexity index is 1300. The fourth-order valence-corrected chi connectivity index (χ4v) is 4.89.